The second-order valence-electron chi connectivity index (χ2n) is 6.15. The molecule has 0 aliphatic heterocycles. The average molecular weight is 446 g/mol. The van der Waals surface area contributed by atoms with E-state index in [0.717, 1.165) is 22.1 Å². The first-order valence-electron chi connectivity index (χ1n) is 8.67. The molecule has 140 valence electrons. The van der Waals surface area contributed by atoms with Crippen LogP contribution in [0, 0.1) is 0 Å². The molecule has 0 saturated heterocycles. The van der Waals surface area contributed by atoms with Crippen molar-refractivity contribution in [1.29, 1.82) is 0 Å². The Bertz CT molecular complexity index is 894. The number of nitrogens with one attached hydrogen (secondary N) is 1. The lowest BCUT2D eigenvalue weighted by atomic mass is 9.99. The molecule has 7 heteroatoms. The van der Waals surface area contributed by atoms with Gasteiger partial charge in [-0.1, -0.05) is 53.7 Å². The van der Waals surface area contributed by atoms with E-state index in [4.69, 9.17) is 4.42 Å². The molecule has 1 atom stereocenters. The topological polar surface area (TPSA) is 68.0 Å². The number of benzene rings is 2. The molecule has 0 saturated carbocycles. The molecule has 1 unspecified atom stereocenters. The maximum absolute atomic E-state index is 12.1. The maximum atomic E-state index is 12.1. The fraction of sp³-hybridized carbons (Fsp3) is 0.250. The smallest absolute Gasteiger partial charge is 0.277 e. The summed E-state index contributed by atoms with van der Waals surface area (Å²) in [6.07, 6.45) is 1.09. The van der Waals surface area contributed by atoms with Crippen LogP contribution in [-0.4, -0.2) is 21.9 Å². The van der Waals surface area contributed by atoms with Crippen LogP contribution in [0.3, 0.4) is 0 Å². The number of thioether (sulfide) groups is 1. The summed E-state index contributed by atoms with van der Waals surface area (Å²) in [7, 11) is 0. The van der Waals surface area contributed by atoms with Crippen molar-refractivity contribution in [1.82, 2.24) is 10.2 Å². The monoisotopic (exact) mass is 445 g/mol. The predicted octanol–water partition coefficient (Wildman–Crippen LogP) is 5.74. The molecular formula is C20H20BrN3O2S. The minimum absolute atomic E-state index is 0.111. The van der Waals surface area contributed by atoms with Crippen LogP contribution in [0.1, 0.15) is 31.7 Å². The zero-order valence-corrected chi connectivity index (χ0v) is 17.5. The van der Waals surface area contributed by atoms with Gasteiger partial charge in [0.2, 0.25) is 11.8 Å². The van der Waals surface area contributed by atoms with Gasteiger partial charge in [-0.25, -0.2) is 0 Å². The molecule has 1 aromatic heterocycles. The van der Waals surface area contributed by atoms with Crippen molar-refractivity contribution in [2.24, 2.45) is 0 Å². The molecule has 5 nitrogen and oxygen atoms in total. The second kappa shape index (κ2) is 9.19. The number of carbonyl (C=O) groups is 1. The van der Waals surface area contributed by atoms with E-state index in [2.05, 4.69) is 57.4 Å². The van der Waals surface area contributed by atoms with Crippen LogP contribution in [0.4, 0.5) is 5.69 Å². The molecule has 27 heavy (non-hydrogen) atoms. The summed E-state index contributed by atoms with van der Waals surface area (Å²) in [5, 5.41) is 11.3. The van der Waals surface area contributed by atoms with E-state index in [0.29, 0.717) is 17.0 Å². The summed E-state index contributed by atoms with van der Waals surface area (Å²) in [5.74, 6) is 1.04. The Kier molecular flexibility index (Phi) is 6.68. The van der Waals surface area contributed by atoms with Crippen molar-refractivity contribution in [3.63, 3.8) is 0 Å². The Hall–Kier alpha value is -2.12. The number of hydrogen-bond acceptors (Lipinski definition) is 5. The van der Waals surface area contributed by atoms with Gasteiger partial charge in [-0.05, 0) is 54.3 Å². The normalized spacial score (nSPS) is 12.0. The minimum Gasteiger partial charge on any atom is -0.411 e. The van der Waals surface area contributed by atoms with E-state index in [1.807, 2.05) is 36.4 Å². The van der Waals surface area contributed by atoms with Crippen molar-refractivity contribution in [3.8, 4) is 11.5 Å². The van der Waals surface area contributed by atoms with E-state index in [1.54, 1.807) is 0 Å². The Morgan fingerprint density at radius 3 is 2.52 bits per heavy atom. The number of anilines is 1. The molecule has 0 aliphatic carbocycles. The highest BCUT2D eigenvalue weighted by Gasteiger charge is 2.11. The van der Waals surface area contributed by atoms with Crippen LogP contribution in [0.2, 0.25) is 0 Å². The fourth-order valence-corrected chi connectivity index (χ4v) is 3.26. The SMILES string of the molecule is CCC(C)c1ccc(NC(=O)CSc2nnc(-c3ccc(Br)cc3)o2)cc1. The van der Waals surface area contributed by atoms with Gasteiger partial charge in [0.15, 0.2) is 0 Å². The Labute approximate surface area is 171 Å². The van der Waals surface area contributed by atoms with Gasteiger partial charge in [-0.2, -0.15) is 0 Å². The zero-order valence-electron chi connectivity index (χ0n) is 15.1. The lowest BCUT2D eigenvalue weighted by molar-refractivity contribution is -0.113. The predicted molar refractivity (Wildman–Crippen MR) is 112 cm³/mol. The second-order valence-corrected chi connectivity index (χ2v) is 7.99. The van der Waals surface area contributed by atoms with Crippen LogP contribution in [0.15, 0.2) is 62.6 Å². The van der Waals surface area contributed by atoms with Crippen LogP contribution >= 0.6 is 27.7 Å². The third kappa shape index (κ3) is 5.43. The third-order valence-electron chi connectivity index (χ3n) is 4.20. The highest BCUT2D eigenvalue weighted by Crippen LogP contribution is 2.25. The van der Waals surface area contributed by atoms with E-state index in [9.17, 15) is 4.79 Å². The molecule has 0 aliphatic rings. The molecule has 1 N–H and O–H groups in total. The summed E-state index contributed by atoms with van der Waals surface area (Å²) in [6.45, 7) is 4.36. The fourth-order valence-electron chi connectivity index (χ4n) is 2.43. The van der Waals surface area contributed by atoms with Crippen LogP contribution in [0.25, 0.3) is 11.5 Å². The summed E-state index contributed by atoms with van der Waals surface area (Å²) < 4.78 is 6.59. The van der Waals surface area contributed by atoms with E-state index >= 15 is 0 Å². The van der Waals surface area contributed by atoms with Gasteiger partial charge in [-0.3, -0.25) is 4.79 Å². The highest BCUT2D eigenvalue weighted by atomic mass is 79.9. The number of rotatable bonds is 7. The van der Waals surface area contributed by atoms with Crippen molar-refractivity contribution >= 4 is 39.3 Å². The quantitative estimate of drug-likeness (QED) is 0.469. The van der Waals surface area contributed by atoms with Gasteiger partial charge in [-0.15, -0.1) is 10.2 Å². The van der Waals surface area contributed by atoms with E-state index in [-0.39, 0.29) is 11.7 Å². The lowest BCUT2D eigenvalue weighted by Crippen LogP contribution is -2.14. The Balaban J connectivity index is 1.53. The summed E-state index contributed by atoms with van der Waals surface area (Å²) in [4.78, 5) is 12.1. The summed E-state index contributed by atoms with van der Waals surface area (Å²) in [5.41, 5.74) is 2.90. The molecule has 0 bridgehead atoms. The number of nitrogens with zero attached hydrogens (tertiary/aromatic N) is 2. The molecule has 2 aromatic carbocycles. The highest BCUT2D eigenvalue weighted by molar-refractivity contribution is 9.10. The first-order chi connectivity index (χ1) is 13.0. The number of halogens is 1. The first-order valence-corrected chi connectivity index (χ1v) is 10.4. The molecule has 1 heterocycles. The molecule has 3 rings (SSSR count). The third-order valence-corrected chi connectivity index (χ3v) is 5.55. The minimum atomic E-state index is -0.111. The molecule has 3 aromatic rings. The van der Waals surface area contributed by atoms with Crippen molar-refractivity contribution in [2.75, 3.05) is 11.1 Å². The molecule has 0 spiro atoms. The molecule has 0 fully saturated rings. The Morgan fingerprint density at radius 2 is 1.85 bits per heavy atom. The standard InChI is InChI=1S/C20H20BrN3O2S/c1-3-13(2)14-6-10-17(11-7-14)22-18(25)12-27-20-24-23-19(26-20)15-4-8-16(21)9-5-15/h4-11,13H,3,12H2,1-2H3,(H,22,25). The van der Waals surface area contributed by atoms with Crippen LogP contribution < -0.4 is 5.32 Å². The molecular weight excluding hydrogens is 426 g/mol. The lowest BCUT2D eigenvalue weighted by Gasteiger charge is -2.10. The first kappa shape index (κ1) is 19.6. The van der Waals surface area contributed by atoms with Crippen molar-refractivity contribution in [3.05, 3.63) is 58.6 Å². The molecule has 0 radical (unpaired) electrons. The maximum Gasteiger partial charge on any atom is 0.277 e. The summed E-state index contributed by atoms with van der Waals surface area (Å²) >= 11 is 4.61. The number of amides is 1. The van der Waals surface area contributed by atoms with Gasteiger partial charge in [0, 0.05) is 15.7 Å². The summed E-state index contributed by atoms with van der Waals surface area (Å²) in [6, 6.07) is 15.6. The van der Waals surface area contributed by atoms with Crippen molar-refractivity contribution < 1.29 is 9.21 Å². The number of aromatic nitrogens is 2. The average Bonchev–Trinajstić information content (AvgIpc) is 3.16. The van der Waals surface area contributed by atoms with Crippen LogP contribution in [0.5, 0.6) is 0 Å². The number of hydrogen-bond donors (Lipinski definition) is 1. The number of carbonyl (C=O) groups excluding carboxylic acids is 1. The van der Waals surface area contributed by atoms with Gasteiger partial charge >= 0.3 is 0 Å². The zero-order chi connectivity index (χ0) is 19.2. The van der Waals surface area contributed by atoms with Gasteiger partial charge in [0.25, 0.3) is 5.22 Å². The van der Waals surface area contributed by atoms with E-state index < -0.39 is 0 Å². The van der Waals surface area contributed by atoms with E-state index in [1.165, 1.54) is 17.3 Å². The largest absolute Gasteiger partial charge is 0.411 e. The Morgan fingerprint density at radius 1 is 1.15 bits per heavy atom. The molecule has 1 amide bonds. The van der Waals surface area contributed by atoms with Gasteiger partial charge in [0.1, 0.15) is 0 Å². The van der Waals surface area contributed by atoms with Gasteiger partial charge in [0.05, 0.1) is 5.75 Å². The van der Waals surface area contributed by atoms with Gasteiger partial charge < -0.3 is 9.73 Å². The van der Waals surface area contributed by atoms with Crippen LogP contribution in [-0.2, 0) is 4.79 Å². The van der Waals surface area contributed by atoms with Crippen molar-refractivity contribution in [2.45, 2.75) is 31.4 Å².